The van der Waals surface area contributed by atoms with E-state index in [-0.39, 0.29) is 30.3 Å². The monoisotopic (exact) mass is 316 g/mol. The number of rotatable bonds is 9. The fraction of sp³-hybridized carbons (Fsp3) is 0.538. The van der Waals surface area contributed by atoms with E-state index in [1.165, 1.54) is 18.2 Å². The number of sulfonamides is 1. The van der Waals surface area contributed by atoms with Gasteiger partial charge in [-0.25, -0.2) is 13.1 Å². The van der Waals surface area contributed by atoms with E-state index in [4.69, 9.17) is 5.11 Å². The molecule has 0 radical (unpaired) electrons. The summed E-state index contributed by atoms with van der Waals surface area (Å²) < 4.78 is 26.5. The Labute approximate surface area is 124 Å². The molecule has 0 aliphatic carbocycles. The maximum absolute atomic E-state index is 12.0. The topological polar surface area (TPSA) is 110 Å². The zero-order valence-electron chi connectivity index (χ0n) is 11.9. The molecular formula is C13H20N2O5S. The van der Waals surface area contributed by atoms with Gasteiger partial charge in [0, 0.05) is 24.8 Å². The molecule has 0 aliphatic heterocycles. The van der Waals surface area contributed by atoms with Gasteiger partial charge in [-0.15, -0.1) is 0 Å². The minimum atomic E-state index is -3.65. The molecule has 1 atom stereocenters. The Hall–Kier alpha value is -1.51. The van der Waals surface area contributed by atoms with E-state index >= 15 is 0 Å². The van der Waals surface area contributed by atoms with E-state index in [1.54, 1.807) is 6.07 Å². The second-order valence-electron chi connectivity index (χ2n) is 4.78. The van der Waals surface area contributed by atoms with Gasteiger partial charge in [0.15, 0.2) is 0 Å². The quantitative estimate of drug-likeness (QED) is 0.529. The van der Waals surface area contributed by atoms with Crippen LogP contribution in [0.5, 0.6) is 0 Å². The standard InChI is InChI=1S/C13H20N2O5S/c1-2-11(7-8-16)9-14-21(19,20)10-12-5-3-4-6-13(12)15(17)18/h3-6,11,14,16H,2,7-10H2,1H3. The lowest BCUT2D eigenvalue weighted by Crippen LogP contribution is -2.30. The molecule has 0 amide bonds. The first-order chi connectivity index (χ1) is 9.89. The summed E-state index contributed by atoms with van der Waals surface area (Å²) in [4.78, 5) is 10.3. The molecule has 0 spiro atoms. The Kier molecular flexibility index (Phi) is 6.73. The van der Waals surface area contributed by atoms with Crippen LogP contribution in [0.1, 0.15) is 25.3 Å². The van der Waals surface area contributed by atoms with Crippen LogP contribution in [0.15, 0.2) is 24.3 Å². The summed E-state index contributed by atoms with van der Waals surface area (Å²) in [5, 5.41) is 19.7. The van der Waals surface area contributed by atoms with Gasteiger partial charge < -0.3 is 5.11 Å². The van der Waals surface area contributed by atoms with Crippen molar-refractivity contribution in [3.63, 3.8) is 0 Å². The fourth-order valence-electron chi connectivity index (χ4n) is 1.94. The summed E-state index contributed by atoms with van der Waals surface area (Å²) in [6.07, 6.45) is 1.26. The summed E-state index contributed by atoms with van der Waals surface area (Å²) in [6.45, 7) is 2.14. The third kappa shape index (κ3) is 5.78. The first-order valence-electron chi connectivity index (χ1n) is 6.70. The Bertz CT molecular complexity index is 574. The van der Waals surface area contributed by atoms with E-state index in [2.05, 4.69) is 4.72 Å². The maximum atomic E-state index is 12.0. The average molecular weight is 316 g/mol. The third-order valence-electron chi connectivity index (χ3n) is 3.24. The molecule has 8 heteroatoms. The predicted molar refractivity (Wildman–Crippen MR) is 79.2 cm³/mol. The largest absolute Gasteiger partial charge is 0.396 e. The third-order valence-corrected chi connectivity index (χ3v) is 4.54. The summed E-state index contributed by atoms with van der Waals surface area (Å²) in [5.74, 6) is -0.379. The zero-order chi connectivity index (χ0) is 15.9. The molecule has 1 aromatic carbocycles. The Morgan fingerprint density at radius 2 is 2.05 bits per heavy atom. The van der Waals surface area contributed by atoms with E-state index in [1.807, 2.05) is 6.92 Å². The van der Waals surface area contributed by atoms with E-state index in [9.17, 15) is 18.5 Å². The van der Waals surface area contributed by atoms with Gasteiger partial charge in [0.1, 0.15) is 0 Å². The van der Waals surface area contributed by atoms with Crippen molar-refractivity contribution < 1.29 is 18.4 Å². The highest BCUT2D eigenvalue weighted by Gasteiger charge is 2.20. The Balaban J connectivity index is 2.75. The number of para-hydroxylation sites is 1. The van der Waals surface area contributed by atoms with Gasteiger partial charge in [-0.1, -0.05) is 31.5 Å². The van der Waals surface area contributed by atoms with Crippen LogP contribution in [0.3, 0.4) is 0 Å². The number of nitrogens with one attached hydrogen (secondary N) is 1. The number of hydrogen-bond acceptors (Lipinski definition) is 5. The van der Waals surface area contributed by atoms with Crippen molar-refractivity contribution in [3.8, 4) is 0 Å². The summed E-state index contributed by atoms with van der Waals surface area (Å²) in [7, 11) is -3.65. The lowest BCUT2D eigenvalue weighted by atomic mass is 10.0. The average Bonchev–Trinajstić information content (AvgIpc) is 2.43. The van der Waals surface area contributed by atoms with Gasteiger partial charge in [0.25, 0.3) is 5.69 Å². The highest BCUT2D eigenvalue weighted by molar-refractivity contribution is 7.88. The van der Waals surface area contributed by atoms with Crippen LogP contribution in [-0.2, 0) is 15.8 Å². The molecule has 1 aromatic rings. The summed E-state index contributed by atoms with van der Waals surface area (Å²) >= 11 is 0. The molecule has 1 unspecified atom stereocenters. The van der Waals surface area contributed by atoms with Gasteiger partial charge in [-0.3, -0.25) is 10.1 Å². The molecule has 0 fully saturated rings. The molecular weight excluding hydrogens is 296 g/mol. The lowest BCUT2D eigenvalue weighted by Gasteiger charge is -2.14. The van der Waals surface area contributed by atoms with Crippen molar-refractivity contribution in [1.29, 1.82) is 0 Å². The number of aliphatic hydroxyl groups excluding tert-OH is 1. The SMILES string of the molecule is CCC(CCO)CNS(=O)(=O)Cc1ccccc1[N+](=O)[O-]. The molecule has 0 saturated heterocycles. The van der Waals surface area contributed by atoms with Gasteiger partial charge >= 0.3 is 0 Å². The van der Waals surface area contributed by atoms with E-state index in [0.29, 0.717) is 6.42 Å². The zero-order valence-corrected chi connectivity index (χ0v) is 12.7. The normalized spacial score (nSPS) is 13.0. The number of nitro benzene ring substituents is 1. The lowest BCUT2D eigenvalue weighted by molar-refractivity contribution is -0.385. The molecule has 21 heavy (non-hydrogen) atoms. The van der Waals surface area contributed by atoms with E-state index in [0.717, 1.165) is 6.42 Å². The first kappa shape index (κ1) is 17.5. The minimum Gasteiger partial charge on any atom is -0.396 e. The Morgan fingerprint density at radius 1 is 1.38 bits per heavy atom. The van der Waals surface area contributed by atoms with Crippen molar-refractivity contribution in [2.45, 2.75) is 25.5 Å². The smallest absolute Gasteiger partial charge is 0.273 e. The molecule has 0 aliphatic rings. The van der Waals surface area contributed by atoms with E-state index < -0.39 is 20.7 Å². The van der Waals surface area contributed by atoms with Crippen molar-refractivity contribution in [3.05, 3.63) is 39.9 Å². The number of nitro groups is 1. The summed E-state index contributed by atoms with van der Waals surface area (Å²) in [5.41, 5.74) is -0.0459. The number of aliphatic hydroxyl groups is 1. The molecule has 2 N–H and O–H groups in total. The van der Waals surface area contributed by atoms with Crippen molar-refractivity contribution in [2.75, 3.05) is 13.2 Å². The number of hydrogen-bond donors (Lipinski definition) is 2. The molecule has 0 aromatic heterocycles. The first-order valence-corrected chi connectivity index (χ1v) is 8.35. The predicted octanol–water partition coefficient (Wildman–Crippen LogP) is 1.42. The van der Waals surface area contributed by atoms with Crippen LogP contribution in [0.4, 0.5) is 5.69 Å². The molecule has 118 valence electrons. The fourth-order valence-corrected chi connectivity index (χ4v) is 3.19. The number of nitrogens with zero attached hydrogens (tertiary/aromatic N) is 1. The van der Waals surface area contributed by atoms with Crippen LogP contribution in [0.2, 0.25) is 0 Å². The highest BCUT2D eigenvalue weighted by atomic mass is 32.2. The molecule has 0 bridgehead atoms. The van der Waals surface area contributed by atoms with Crippen LogP contribution >= 0.6 is 0 Å². The highest BCUT2D eigenvalue weighted by Crippen LogP contribution is 2.19. The number of benzene rings is 1. The molecule has 0 saturated carbocycles. The van der Waals surface area contributed by atoms with Crippen LogP contribution < -0.4 is 4.72 Å². The Morgan fingerprint density at radius 3 is 2.62 bits per heavy atom. The van der Waals surface area contributed by atoms with Crippen LogP contribution in [-0.4, -0.2) is 31.6 Å². The van der Waals surface area contributed by atoms with Crippen LogP contribution in [0, 0.1) is 16.0 Å². The maximum Gasteiger partial charge on any atom is 0.273 e. The van der Waals surface area contributed by atoms with Gasteiger partial charge in [-0.2, -0.15) is 0 Å². The van der Waals surface area contributed by atoms with Gasteiger partial charge in [0.05, 0.1) is 10.7 Å². The summed E-state index contributed by atoms with van der Waals surface area (Å²) in [6, 6.07) is 5.78. The van der Waals surface area contributed by atoms with Crippen molar-refractivity contribution >= 4 is 15.7 Å². The molecule has 1 rings (SSSR count). The van der Waals surface area contributed by atoms with Crippen molar-refractivity contribution in [2.24, 2.45) is 5.92 Å². The second kappa shape index (κ2) is 8.06. The van der Waals surface area contributed by atoms with Crippen LogP contribution in [0.25, 0.3) is 0 Å². The minimum absolute atomic E-state index is 0.00436. The second-order valence-corrected chi connectivity index (χ2v) is 6.59. The van der Waals surface area contributed by atoms with Crippen molar-refractivity contribution in [1.82, 2.24) is 4.72 Å². The van der Waals surface area contributed by atoms with Gasteiger partial charge in [-0.05, 0) is 12.3 Å². The van der Waals surface area contributed by atoms with Gasteiger partial charge in [0.2, 0.25) is 10.0 Å². The molecule has 0 heterocycles. The molecule has 7 nitrogen and oxygen atoms in total.